The first-order chi connectivity index (χ1) is 7.22. The number of aromatic amines is 1. The van der Waals surface area contributed by atoms with Crippen molar-refractivity contribution in [3.05, 3.63) is 11.8 Å². The summed E-state index contributed by atoms with van der Waals surface area (Å²) in [5, 5.41) is 7.32. The molecule has 2 atom stereocenters. The van der Waals surface area contributed by atoms with Crippen molar-refractivity contribution >= 4 is 5.82 Å². The number of nitrogens with zero attached hydrogens (tertiary/aromatic N) is 2. The van der Waals surface area contributed by atoms with E-state index in [0.717, 1.165) is 24.6 Å². The van der Waals surface area contributed by atoms with Crippen molar-refractivity contribution in [3.8, 4) is 0 Å². The standard InChI is InChI=1S/C11H20N4/c1-8-6-11(14-13-8)15-5-3-4-10(7-12)9(15)2/h6,9-10H,3-5,7,12H2,1-2H3,(H,13,14)/t9-,10-/m1/s1. The maximum Gasteiger partial charge on any atom is 0.150 e. The number of aromatic nitrogens is 2. The van der Waals surface area contributed by atoms with E-state index in [2.05, 4.69) is 28.1 Å². The Morgan fingerprint density at radius 1 is 1.67 bits per heavy atom. The van der Waals surface area contributed by atoms with Gasteiger partial charge in [0, 0.05) is 24.3 Å². The Hall–Kier alpha value is -1.03. The van der Waals surface area contributed by atoms with Crippen LogP contribution in [0.4, 0.5) is 5.82 Å². The molecule has 1 fully saturated rings. The Morgan fingerprint density at radius 2 is 2.47 bits per heavy atom. The van der Waals surface area contributed by atoms with E-state index in [9.17, 15) is 0 Å². The molecule has 0 aliphatic carbocycles. The fourth-order valence-electron chi connectivity index (χ4n) is 2.41. The van der Waals surface area contributed by atoms with E-state index in [0.29, 0.717) is 12.0 Å². The fraction of sp³-hybridized carbons (Fsp3) is 0.727. The molecular weight excluding hydrogens is 188 g/mol. The lowest BCUT2D eigenvalue weighted by molar-refractivity contribution is 0.343. The lowest BCUT2D eigenvalue weighted by Gasteiger charge is -2.39. The highest BCUT2D eigenvalue weighted by Gasteiger charge is 2.27. The third-order valence-electron chi connectivity index (χ3n) is 3.44. The molecule has 4 heteroatoms. The summed E-state index contributed by atoms with van der Waals surface area (Å²) < 4.78 is 0. The van der Waals surface area contributed by atoms with Crippen molar-refractivity contribution in [2.45, 2.75) is 32.7 Å². The number of H-pyrrole nitrogens is 1. The minimum atomic E-state index is 0.506. The van der Waals surface area contributed by atoms with E-state index in [1.165, 1.54) is 12.8 Å². The van der Waals surface area contributed by atoms with Gasteiger partial charge >= 0.3 is 0 Å². The molecule has 0 aromatic carbocycles. The molecule has 84 valence electrons. The van der Waals surface area contributed by atoms with Crippen LogP contribution in [0.25, 0.3) is 0 Å². The lowest BCUT2D eigenvalue weighted by Crippen LogP contribution is -2.46. The molecule has 1 aromatic rings. The summed E-state index contributed by atoms with van der Waals surface area (Å²) in [5.41, 5.74) is 6.90. The number of rotatable bonds is 2. The van der Waals surface area contributed by atoms with Crippen LogP contribution in [0.2, 0.25) is 0 Å². The third-order valence-corrected chi connectivity index (χ3v) is 3.44. The Balaban J connectivity index is 2.14. The molecule has 0 unspecified atom stereocenters. The lowest BCUT2D eigenvalue weighted by atomic mass is 9.90. The topological polar surface area (TPSA) is 57.9 Å². The van der Waals surface area contributed by atoms with Crippen LogP contribution in [0.1, 0.15) is 25.5 Å². The van der Waals surface area contributed by atoms with Crippen LogP contribution in [0.15, 0.2) is 6.07 Å². The van der Waals surface area contributed by atoms with Crippen molar-refractivity contribution in [2.75, 3.05) is 18.0 Å². The summed E-state index contributed by atoms with van der Waals surface area (Å²) in [6.45, 7) is 6.16. The van der Waals surface area contributed by atoms with Gasteiger partial charge in [-0.15, -0.1) is 0 Å². The van der Waals surface area contributed by atoms with Crippen LogP contribution in [0.5, 0.6) is 0 Å². The average molecular weight is 208 g/mol. The van der Waals surface area contributed by atoms with Crippen LogP contribution in [0.3, 0.4) is 0 Å². The van der Waals surface area contributed by atoms with Gasteiger partial charge in [0.25, 0.3) is 0 Å². The number of hydrogen-bond donors (Lipinski definition) is 2. The molecule has 0 radical (unpaired) electrons. The van der Waals surface area contributed by atoms with Crippen molar-refractivity contribution in [2.24, 2.45) is 11.7 Å². The minimum Gasteiger partial charge on any atom is -0.352 e. The minimum absolute atomic E-state index is 0.506. The van der Waals surface area contributed by atoms with Crippen LogP contribution in [-0.4, -0.2) is 29.3 Å². The molecule has 2 heterocycles. The summed E-state index contributed by atoms with van der Waals surface area (Å²) in [6, 6.07) is 2.61. The molecule has 0 spiro atoms. The number of aryl methyl sites for hydroxylation is 1. The number of anilines is 1. The Bertz CT molecular complexity index is 320. The average Bonchev–Trinajstić information content (AvgIpc) is 2.65. The van der Waals surface area contributed by atoms with Gasteiger partial charge in [0.05, 0.1) is 0 Å². The summed E-state index contributed by atoms with van der Waals surface area (Å²) >= 11 is 0. The highest BCUT2D eigenvalue weighted by molar-refractivity contribution is 5.41. The van der Waals surface area contributed by atoms with Gasteiger partial charge in [-0.3, -0.25) is 5.10 Å². The van der Waals surface area contributed by atoms with Gasteiger partial charge in [0.15, 0.2) is 5.82 Å². The zero-order valence-corrected chi connectivity index (χ0v) is 9.53. The molecule has 1 aliphatic rings. The highest BCUT2D eigenvalue weighted by Crippen LogP contribution is 2.26. The number of hydrogen-bond acceptors (Lipinski definition) is 3. The summed E-state index contributed by atoms with van der Waals surface area (Å²) in [6.07, 6.45) is 2.47. The second kappa shape index (κ2) is 4.23. The largest absolute Gasteiger partial charge is 0.352 e. The monoisotopic (exact) mass is 208 g/mol. The first-order valence-corrected chi connectivity index (χ1v) is 5.71. The van der Waals surface area contributed by atoms with Crippen LogP contribution >= 0.6 is 0 Å². The number of nitrogens with one attached hydrogen (secondary N) is 1. The van der Waals surface area contributed by atoms with Crippen LogP contribution < -0.4 is 10.6 Å². The van der Waals surface area contributed by atoms with E-state index >= 15 is 0 Å². The molecule has 0 amide bonds. The highest BCUT2D eigenvalue weighted by atomic mass is 15.3. The van der Waals surface area contributed by atoms with Crippen molar-refractivity contribution in [1.29, 1.82) is 0 Å². The first kappa shape index (κ1) is 10.5. The molecule has 1 aromatic heterocycles. The van der Waals surface area contributed by atoms with E-state index in [-0.39, 0.29) is 0 Å². The molecule has 3 N–H and O–H groups in total. The zero-order valence-electron chi connectivity index (χ0n) is 9.53. The third kappa shape index (κ3) is 2.00. The van der Waals surface area contributed by atoms with Gasteiger partial charge in [0.2, 0.25) is 0 Å². The maximum absolute atomic E-state index is 5.78. The second-order valence-electron chi connectivity index (χ2n) is 4.48. The second-order valence-corrected chi connectivity index (χ2v) is 4.48. The Kier molecular flexibility index (Phi) is 2.95. The van der Waals surface area contributed by atoms with Gasteiger partial charge in [-0.1, -0.05) is 0 Å². The molecule has 4 nitrogen and oxygen atoms in total. The zero-order chi connectivity index (χ0) is 10.8. The molecular formula is C11H20N4. The van der Waals surface area contributed by atoms with Gasteiger partial charge < -0.3 is 10.6 Å². The molecule has 0 saturated carbocycles. The molecule has 2 rings (SSSR count). The summed E-state index contributed by atoms with van der Waals surface area (Å²) in [4.78, 5) is 2.37. The Morgan fingerprint density at radius 3 is 3.07 bits per heavy atom. The van der Waals surface area contributed by atoms with Crippen LogP contribution in [0, 0.1) is 12.8 Å². The first-order valence-electron chi connectivity index (χ1n) is 5.71. The van der Waals surface area contributed by atoms with E-state index in [4.69, 9.17) is 5.73 Å². The number of nitrogens with two attached hydrogens (primary N) is 1. The maximum atomic E-state index is 5.78. The van der Waals surface area contributed by atoms with Gasteiger partial charge in [-0.05, 0) is 39.2 Å². The summed E-state index contributed by atoms with van der Waals surface area (Å²) in [5.74, 6) is 1.67. The smallest absolute Gasteiger partial charge is 0.150 e. The molecule has 0 bridgehead atoms. The molecule has 15 heavy (non-hydrogen) atoms. The normalized spacial score (nSPS) is 27.0. The van der Waals surface area contributed by atoms with Crippen molar-refractivity contribution < 1.29 is 0 Å². The molecule has 1 aliphatic heterocycles. The van der Waals surface area contributed by atoms with Gasteiger partial charge in [0.1, 0.15) is 0 Å². The van der Waals surface area contributed by atoms with E-state index in [1.54, 1.807) is 0 Å². The van der Waals surface area contributed by atoms with Gasteiger partial charge in [-0.25, -0.2) is 0 Å². The Labute approximate surface area is 90.8 Å². The SMILES string of the molecule is Cc1cc(N2CCC[C@H](CN)[C@H]2C)n[nH]1. The van der Waals surface area contributed by atoms with E-state index in [1.807, 2.05) is 6.92 Å². The quantitative estimate of drug-likeness (QED) is 0.769. The predicted molar refractivity (Wildman–Crippen MR) is 61.9 cm³/mol. The van der Waals surface area contributed by atoms with Gasteiger partial charge in [-0.2, -0.15) is 5.10 Å². The van der Waals surface area contributed by atoms with E-state index < -0.39 is 0 Å². The summed E-state index contributed by atoms with van der Waals surface area (Å²) in [7, 11) is 0. The molecule has 1 saturated heterocycles. The predicted octanol–water partition coefficient (Wildman–Crippen LogP) is 1.28. The fourth-order valence-corrected chi connectivity index (χ4v) is 2.41. The van der Waals surface area contributed by atoms with Crippen molar-refractivity contribution in [3.63, 3.8) is 0 Å². The number of piperidine rings is 1. The van der Waals surface area contributed by atoms with Crippen molar-refractivity contribution in [1.82, 2.24) is 10.2 Å². The van der Waals surface area contributed by atoms with Crippen LogP contribution in [-0.2, 0) is 0 Å².